The topological polar surface area (TPSA) is 55.1 Å². The monoisotopic (exact) mass is 334 g/mol. The first-order chi connectivity index (χ1) is 12.1. The number of aliphatic hydroxyl groups is 1. The van der Waals surface area contributed by atoms with E-state index in [-0.39, 0.29) is 17.9 Å². The number of aliphatic hydroxyl groups excluding tert-OH is 1. The molecule has 1 unspecified atom stereocenters. The van der Waals surface area contributed by atoms with Gasteiger partial charge in [0.1, 0.15) is 11.6 Å². The van der Waals surface area contributed by atoms with Crippen molar-refractivity contribution >= 4 is 10.9 Å². The van der Waals surface area contributed by atoms with Crippen molar-refractivity contribution in [2.45, 2.75) is 25.5 Å². The number of aryl methyl sites for hydroxylation is 1. The molecule has 1 N–H and O–H groups in total. The molecule has 124 valence electrons. The Balaban J connectivity index is 1.77. The average Bonchev–Trinajstić information content (AvgIpc) is 2.61. The minimum atomic E-state index is -0.499. The zero-order valence-corrected chi connectivity index (χ0v) is 13.4. The van der Waals surface area contributed by atoms with E-state index in [4.69, 9.17) is 0 Å². The fourth-order valence-electron chi connectivity index (χ4n) is 3.03. The van der Waals surface area contributed by atoms with Gasteiger partial charge in [0.2, 0.25) is 0 Å². The summed E-state index contributed by atoms with van der Waals surface area (Å²) in [5.41, 5.74) is 1.76. The molecule has 0 saturated carbocycles. The van der Waals surface area contributed by atoms with Crippen LogP contribution in [0.4, 0.5) is 4.39 Å². The Hall–Kier alpha value is -2.97. The predicted molar refractivity (Wildman–Crippen MR) is 92.7 cm³/mol. The van der Waals surface area contributed by atoms with Gasteiger partial charge in [0, 0.05) is 17.5 Å². The first-order valence-corrected chi connectivity index (χ1v) is 8.09. The van der Waals surface area contributed by atoms with E-state index in [0.29, 0.717) is 40.7 Å². The van der Waals surface area contributed by atoms with E-state index < -0.39 is 6.10 Å². The maximum atomic E-state index is 13.2. The van der Waals surface area contributed by atoms with Gasteiger partial charge in [-0.15, -0.1) is 0 Å². The lowest BCUT2D eigenvalue weighted by molar-refractivity contribution is 0.128. The highest BCUT2D eigenvalue weighted by atomic mass is 19.1. The Morgan fingerprint density at radius 3 is 2.76 bits per heavy atom. The quantitative estimate of drug-likeness (QED) is 0.642. The summed E-state index contributed by atoms with van der Waals surface area (Å²) in [5.74, 6) is 6.26. The molecule has 1 aliphatic heterocycles. The molecule has 3 aromatic rings. The fourth-order valence-corrected chi connectivity index (χ4v) is 3.03. The van der Waals surface area contributed by atoms with Gasteiger partial charge in [-0.25, -0.2) is 9.37 Å². The van der Waals surface area contributed by atoms with Gasteiger partial charge in [0.15, 0.2) is 0 Å². The molecule has 2 heterocycles. The number of fused-ring (bicyclic) bond motifs is 2. The highest BCUT2D eigenvalue weighted by molar-refractivity contribution is 5.79. The molecule has 0 amide bonds. The standard InChI is InChI=1S/C20H15FN2O2/c21-15-3-1-2-13(10-15)4-5-14-6-8-17-18(11-14)22-19-9-7-16(24)12-23(19)20(17)25/h1-3,6,8,10-11,16,24H,7,9,12H2. The number of hydrogen-bond donors (Lipinski definition) is 1. The van der Waals surface area contributed by atoms with Crippen LogP contribution in [0.3, 0.4) is 0 Å². The van der Waals surface area contributed by atoms with E-state index in [1.807, 2.05) is 0 Å². The van der Waals surface area contributed by atoms with Crippen molar-refractivity contribution in [3.8, 4) is 11.8 Å². The van der Waals surface area contributed by atoms with Crippen molar-refractivity contribution in [1.82, 2.24) is 9.55 Å². The molecule has 0 fully saturated rings. The van der Waals surface area contributed by atoms with Crippen LogP contribution >= 0.6 is 0 Å². The molecule has 1 atom stereocenters. The van der Waals surface area contributed by atoms with Gasteiger partial charge in [-0.1, -0.05) is 17.9 Å². The zero-order chi connectivity index (χ0) is 17.4. The average molecular weight is 334 g/mol. The molecule has 1 aliphatic rings. The molecule has 25 heavy (non-hydrogen) atoms. The molecule has 0 aliphatic carbocycles. The Kier molecular flexibility index (Phi) is 3.83. The molecule has 0 bridgehead atoms. The van der Waals surface area contributed by atoms with E-state index in [9.17, 15) is 14.3 Å². The van der Waals surface area contributed by atoms with Crippen molar-refractivity contribution in [2.24, 2.45) is 0 Å². The van der Waals surface area contributed by atoms with Gasteiger partial charge in [0.05, 0.1) is 23.6 Å². The fraction of sp³-hybridized carbons (Fsp3) is 0.200. The zero-order valence-electron chi connectivity index (χ0n) is 13.4. The lowest BCUT2D eigenvalue weighted by Crippen LogP contribution is -2.34. The van der Waals surface area contributed by atoms with Crippen LogP contribution < -0.4 is 5.56 Å². The number of nitrogens with zero attached hydrogens (tertiary/aromatic N) is 2. The smallest absolute Gasteiger partial charge is 0.261 e. The molecule has 0 spiro atoms. The summed E-state index contributed by atoms with van der Waals surface area (Å²) in [4.78, 5) is 17.1. The highest BCUT2D eigenvalue weighted by Gasteiger charge is 2.19. The van der Waals surface area contributed by atoms with Gasteiger partial charge in [-0.3, -0.25) is 9.36 Å². The molecule has 0 saturated heterocycles. The van der Waals surface area contributed by atoms with Crippen LogP contribution in [0.25, 0.3) is 10.9 Å². The Labute approximate surface area is 143 Å². The Morgan fingerprint density at radius 1 is 1.16 bits per heavy atom. The van der Waals surface area contributed by atoms with Gasteiger partial charge >= 0.3 is 0 Å². The molecule has 2 aromatic carbocycles. The van der Waals surface area contributed by atoms with Crippen molar-refractivity contribution in [1.29, 1.82) is 0 Å². The molecule has 4 rings (SSSR count). The van der Waals surface area contributed by atoms with Crippen LogP contribution in [-0.4, -0.2) is 20.8 Å². The van der Waals surface area contributed by atoms with Crippen LogP contribution in [0.2, 0.25) is 0 Å². The third-order valence-corrected chi connectivity index (χ3v) is 4.30. The van der Waals surface area contributed by atoms with Gasteiger partial charge < -0.3 is 5.11 Å². The molecule has 0 radical (unpaired) electrons. The van der Waals surface area contributed by atoms with Crippen molar-refractivity contribution in [3.63, 3.8) is 0 Å². The normalized spacial score (nSPS) is 16.2. The van der Waals surface area contributed by atoms with E-state index in [1.165, 1.54) is 12.1 Å². The number of rotatable bonds is 0. The number of halogens is 1. The third kappa shape index (κ3) is 3.04. The second kappa shape index (κ2) is 6.15. The van der Waals surface area contributed by atoms with E-state index >= 15 is 0 Å². The van der Waals surface area contributed by atoms with E-state index in [2.05, 4.69) is 16.8 Å². The molecular formula is C20H15FN2O2. The summed E-state index contributed by atoms with van der Waals surface area (Å²) in [6, 6.07) is 11.3. The molecule has 1 aromatic heterocycles. The number of hydrogen-bond acceptors (Lipinski definition) is 3. The van der Waals surface area contributed by atoms with E-state index in [1.54, 1.807) is 34.9 Å². The molecule has 5 heteroatoms. The van der Waals surface area contributed by atoms with Crippen molar-refractivity contribution in [2.75, 3.05) is 0 Å². The second-order valence-electron chi connectivity index (χ2n) is 6.13. The third-order valence-electron chi connectivity index (χ3n) is 4.30. The van der Waals surface area contributed by atoms with Crippen LogP contribution in [0.15, 0.2) is 47.3 Å². The summed E-state index contributed by atoms with van der Waals surface area (Å²) in [5, 5.41) is 10.3. The Morgan fingerprint density at radius 2 is 1.96 bits per heavy atom. The summed E-state index contributed by atoms with van der Waals surface area (Å²) < 4.78 is 14.8. The maximum absolute atomic E-state index is 13.2. The minimum Gasteiger partial charge on any atom is -0.391 e. The van der Waals surface area contributed by atoms with Gasteiger partial charge in [-0.05, 0) is 42.8 Å². The van der Waals surface area contributed by atoms with Crippen LogP contribution in [0.5, 0.6) is 0 Å². The summed E-state index contributed by atoms with van der Waals surface area (Å²) in [7, 11) is 0. The minimum absolute atomic E-state index is 0.136. The van der Waals surface area contributed by atoms with Crippen molar-refractivity contribution < 1.29 is 9.50 Å². The predicted octanol–water partition coefficient (Wildman–Crippen LogP) is 2.24. The van der Waals surface area contributed by atoms with Crippen LogP contribution in [-0.2, 0) is 13.0 Å². The first kappa shape index (κ1) is 15.6. The summed E-state index contributed by atoms with van der Waals surface area (Å²) in [6.07, 6.45) is 0.684. The highest BCUT2D eigenvalue weighted by Crippen LogP contribution is 2.16. The van der Waals surface area contributed by atoms with Gasteiger partial charge in [-0.2, -0.15) is 0 Å². The first-order valence-electron chi connectivity index (χ1n) is 8.09. The lowest BCUT2D eigenvalue weighted by atomic mass is 10.1. The Bertz CT molecular complexity index is 1090. The lowest BCUT2D eigenvalue weighted by Gasteiger charge is -2.22. The second-order valence-corrected chi connectivity index (χ2v) is 6.13. The van der Waals surface area contributed by atoms with Crippen LogP contribution in [0, 0.1) is 17.7 Å². The SMILES string of the molecule is O=c1c2ccc(C#Cc3cccc(F)c3)cc2nc2n1CC(O)CC2. The van der Waals surface area contributed by atoms with E-state index in [0.717, 1.165) is 0 Å². The van der Waals surface area contributed by atoms with Gasteiger partial charge in [0.25, 0.3) is 5.56 Å². The largest absolute Gasteiger partial charge is 0.391 e. The number of aromatic nitrogens is 2. The molecule has 4 nitrogen and oxygen atoms in total. The van der Waals surface area contributed by atoms with Crippen LogP contribution in [0.1, 0.15) is 23.4 Å². The maximum Gasteiger partial charge on any atom is 0.261 e. The van der Waals surface area contributed by atoms with Crippen molar-refractivity contribution in [3.05, 3.63) is 75.6 Å². The summed E-state index contributed by atoms with van der Waals surface area (Å²) >= 11 is 0. The number of benzene rings is 2. The molecular weight excluding hydrogens is 319 g/mol. The summed E-state index contributed by atoms with van der Waals surface area (Å²) in [6.45, 7) is 0.290.